The average molecular weight is 156 g/mol. The van der Waals surface area contributed by atoms with Gasteiger partial charge < -0.3 is 10.8 Å². The molecule has 1 atom stereocenters. The quantitative estimate of drug-likeness (QED) is 0.606. The number of rotatable bonds is 3. The summed E-state index contributed by atoms with van der Waals surface area (Å²) in [7, 11) is 0. The number of aliphatic hydroxyl groups excluding tert-OH is 1. The van der Waals surface area contributed by atoms with Crippen LogP contribution < -0.4 is 5.73 Å². The van der Waals surface area contributed by atoms with Crippen molar-refractivity contribution in [2.45, 2.75) is 19.5 Å². The van der Waals surface area contributed by atoms with E-state index in [0.29, 0.717) is 5.82 Å². The zero-order chi connectivity index (χ0) is 8.27. The minimum Gasteiger partial charge on any atom is -0.394 e. The number of aromatic nitrogens is 3. The summed E-state index contributed by atoms with van der Waals surface area (Å²) in [4.78, 5) is 3.92. The fourth-order valence-corrected chi connectivity index (χ4v) is 0.886. The van der Waals surface area contributed by atoms with Crippen molar-refractivity contribution in [3.8, 4) is 0 Å². The van der Waals surface area contributed by atoms with Gasteiger partial charge in [0.25, 0.3) is 0 Å². The molecule has 5 heteroatoms. The molecule has 0 aliphatic heterocycles. The highest BCUT2D eigenvalue weighted by molar-refractivity contribution is 4.92. The van der Waals surface area contributed by atoms with Gasteiger partial charge in [0.05, 0.1) is 12.6 Å². The molecule has 0 unspecified atom stereocenters. The van der Waals surface area contributed by atoms with Crippen LogP contribution in [-0.4, -0.2) is 26.5 Å². The van der Waals surface area contributed by atoms with Crippen molar-refractivity contribution in [2.24, 2.45) is 5.73 Å². The van der Waals surface area contributed by atoms with E-state index < -0.39 is 6.04 Å². The van der Waals surface area contributed by atoms with Gasteiger partial charge in [-0.05, 0) is 6.92 Å². The van der Waals surface area contributed by atoms with Crippen molar-refractivity contribution in [1.82, 2.24) is 14.8 Å². The fraction of sp³-hybridized carbons (Fsp3) is 0.667. The molecule has 1 heterocycles. The van der Waals surface area contributed by atoms with Crippen LogP contribution in [0.1, 0.15) is 18.8 Å². The molecule has 0 fully saturated rings. The van der Waals surface area contributed by atoms with Gasteiger partial charge in [0.1, 0.15) is 12.2 Å². The maximum absolute atomic E-state index is 8.72. The Hall–Kier alpha value is -0.940. The molecule has 3 N–H and O–H groups in total. The van der Waals surface area contributed by atoms with Gasteiger partial charge in [-0.25, -0.2) is 9.67 Å². The maximum Gasteiger partial charge on any atom is 0.146 e. The Morgan fingerprint density at radius 1 is 1.82 bits per heavy atom. The molecule has 1 rings (SSSR count). The van der Waals surface area contributed by atoms with E-state index >= 15 is 0 Å². The molecule has 0 radical (unpaired) electrons. The van der Waals surface area contributed by atoms with Gasteiger partial charge >= 0.3 is 0 Å². The van der Waals surface area contributed by atoms with Crippen LogP contribution in [0.2, 0.25) is 0 Å². The third kappa shape index (κ3) is 1.55. The van der Waals surface area contributed by atoms with Gasteiger partial charge in [0.15, 0.2) is 0 Å². The van der Waals surface area contributed by atoms with Crippen LogP contribution in [0.4, 0.5) is 0 Å². The van der Waals surface area contributed by atoms with Crippen LogP contribution in [0, 0.1) is 0 Å². The minimum absolute atomic E-state index is 0.0985. The second-order valence-corrected chi connectivity index (χ2v) is 2.22. The molecule has 11 heavy (non-hydrogen) atoms. The number of aryl methyl sites for hydroxylation is 1. The summed E-state index contributed by atoms with van der Waals surface area (Å²) in [6.45, 7) is 2.57. The minimum atomic E-state index is -0.419. The van der Waals surface area contributed by atoms with E-state index in [4.69, 9.17) is 10.8 Å². The molecule has 0 aliphatic rings. The predicted molar refractivity (Wildman–Crippen MR) is 39.7 cm³/mol. The smallest absolute Gasteiger partial charge is 0.146 e. The second kappa shape index (κ2) is 3.45. The number of nitrogens with zero attached hydrogens (tertiary/aromatic N) is 3. The lowest BCUT2D eigenvalue weighted by atomic mass is 10.3. The Bertz CT molecular complexity index is 222. The summed E-state index contributed by atoms with van der Waals surface area (Å²) >= 11 is 0. The van der Waals surface area contributed by atoms with Crippen molar-refractivity contribution in [2.75, 3.05) is 6.61 Å². The molecule has 0 aromatic carbocycles. The summed E-state index contributed by atoms with van der Waals surface area (Å²) < 4.78 is 1.67. The van der Waals surface area contributed by atoms with Gasteiger partial charge in [-0.2, -0.15) is 5.10 Å². The van der Waals surface area contributed by atoms with Crippen molar-refractivity contribution >= 4 is 0 Å². The Kier molecular flexibility index (Phi) is 2.56. The molecule has 0 aliphatic carbocycles. The third-order valence-electron chi connectivity index (χ3n) is 1.47. The first kappa shape index (κ1) is 8.16. The Morgan fingerprint density at radius 3 is 3.09 bits per heavy atom. The highest BCUT2D eigenvalue weighted by Gasteiger charge is 2.10. The van der Waals surface area contributed by atoms with Crippen LogP contribution in [-0.2, 0) is 6.54 Å². The maximum atomic E-state index is 8.72. The molecule has 0 saturated carbocycles. The molecule has 0 bridgehead atoms. The monoisotopic (exact) mass is 156 g/mol. The molecule has 0 spiro atoms. The van der Waals surface area contributed by atoms with E-state index in [0.717, 1.165) is 6.54 Å². The first-order valence-electron chi connectivity index (χ1n) is 3.53. The fourth-order valence-electron chi connectivity index (χ4n) is 0.886. The first-order chi connectivity index (χ1) is 5.29. The molecule has 5 nitrogen and oxygen atoms in total. The lowest BCUT2D eigenvalue weighted by Crippen LogP contribution is -2.20. The summed E-state index contributed by atoms with van der Waals surface area (Å²) in [5.41, 5.74) is 5.54. The molecular formula is C6H12N4O. The molecule has 0 amide bonds. The second-order valence-electron chi connectivity index (χ2n) is 2.22. The van der Waals surface area contributed by atoms with Crippen LogP contribution in [0.15, 0.2) is 6.33 Å². The summed E-state index contributed by atoms with van der Waals surface area (Å²) in [5.74, 6) is 0.634. The number of nitrogens with two attached hydrogens (primary N) is 1. The largest absolute Gasteiger partial charge is 0.394 e. The highest BCUT2D eigenvalue weighted by atomic mass is 16.3. The zero-order valence-corrected chi connectivity index (χ0v) is 6.44. The first-order valence-corrected chi connectivity index (χ1v) is 3.53. The van der Waals surface area contributed by atoms with Crippen molar-refractivity contribution in [3.05, 3.63) is 12.2 Å². The Labute approximate surface area is 64.9 Å². The summed E-state index contributed by atoms with van der Waals surface area (Å²) in [6.07, 6.45) is 1.44. The predicted octanol–water partition coefficient (Wildman–Crippen LogP) is -0.710. The topological polar surface area (TPSA) is 77.0 Å². The van der Waals surface area contributed by atoms with E-state index in [1.165, 1.54) is 6.33 Å². The van der Waals surface area contributed by atoms with Crippen molar-refractivity contribution in [3.63, 3.8) is 0 Å². The normalized spacial score (nSPS) is 13.4. The van der Waals surface area contributed by atoms with E-state index in [1.807, 2.05) is 6.92 Å². The van der Waals surface area contributed by atoms with E-state index in [9.17, 15) is 0 Å². The molecule has 62 valence electrons. The van der Waals surface area contributed by atoms with Crippen LogP contribution in [0.3, 0.4) is 0 Å². The molecule has 0 saturated heterocycles. The van der Waals surface area contributed by atoms with Gasteiger partial charge in [-0.1, -0.05) is 0 Å². The average Bonchev–Trinajstić information content (AvgIpc) is 2.50. The Morgan fingerprint density at radius 2 is 2.55 bits per heavy atom. The van der Waals surface area contributed by atoms with E-state index in [2.05, 4.69) is 10.1 Å². The standard InChI is InChI=1S/C6H12N4O/c1-2-10-6(5(7)3-11)8-4-9-10/h4-5,11H,2-3,7H2,1H3/t5-/m0/s1. The summed E-state index contributed by atoms with van der Waals surface area (Å²) in [5, 5.41) is 12.6. The lowest BCUT2D eigenvalue weighted by molar-refractivity contribution is 0.259. The van der Waals surface area contributed by atoms with Crippen molar-refractivity contribution in [1.29, 1.82) is 0 Å². The number of hydrogen-bond donors (Lipinski definition) is 2. The van der Waals surface area contributed by atoms with Gasteiger partial charge in [-0.15, -0.1) is 0 Å². The van der Waals surface area contributed by atoms with Crippen LogP contribution in [0.25, 0.3) is 0 Å². The SMILES string of the molecule is CCn1ncnc1[C@@H](N)CO. The Balaban J connectivity index is 2.83. The highest BCUT2D eigenvalue weighted by Crippen LogP contribution is 2.03. The molecule has 1 aromatic rings. The lowest BCUT2D eigenvalue weighted by Gasteiger charge is -2.07. The van der Waals surface area contributed by atoms with Crippen LogP contribution >= 0.6 is 0 Å². The van der Waals surface area contributed by atoms with E-state index in [1.54, 1.807) is 4.68 Å². The van der Waals surface area contributed by atoms with Crippen molar-refractivity contribution < 1.29 is 5.11 Å². The number of hydrogen-bond acceptors (Lipinski definition) is 4. The van der Waals surface area contributed by atoms with Gasteiger partial charge in [-0.3, -0.25) is 0 Å². The molecule has 1 aromatic heterocycles. The summed E-state index contributed by atoms with van der Waals surface area (Å²) in [6, 6.07) is -0.419. The third-order valence-corrected chi connectivity index (χ3v) is 1.47. The zero-order valence-electron chi connectivity index (χ0n) is 6.44. The molecular weight excluding hydrogens is 144 g/mol. The van der Waals surface area contributed by atoms with Gasteiger partial charge in [0.2, 0.25) is 0 Å². The van der Waals surface area contributed by atoms with Gasteiger partial charge in [0, 0.05) is 6.54 Å². The van der Waals surface area contributed by atoms with E-state index in [-0.39, 0.29) is 6.61 Å². The number of aliphatic hydroxyl groups is 1. The van der Waals surface area contributed by atoms with Crippen LogP contribution in [0.5, 0.6) is 0 Å².